The Morgan fingerprint density at radius 2 is 1.05 bits per heavy atom. The Labute approximate surface area is 364 Å². The van der Waals surface area contributed by atoms with Crippen LogP contribution < -0.4 is 0 Å². The van der Waals surface area contributed by atoms with Crippen molar-refractivity contribution < 1.29 is 89.8 Å². The topological polar surface area (TPSA) is 274 Å². The molecule has 0 radical (unpaired) electrons. The van der Waals surface area contributed by atoms with Crippen molar-refractivity contribution in [3.05, 3.63) is 69.8 Å². The zero-order valence-electron chi connectivity index (χ0n) is 34.9. The summed E-state index contributed by atoms with van der Waals surface area (Å²) in [4.78, 5) is 143. The van der Waals surface area contributed by atoms with Crippen LogP contribution in [0, 0.1) is 10.8 Å². The number of aliphatic hydroxyl groups is 1. The number of piperidine rings is 2. The Morgan fingerprint density at radius 3 is 1.41 bits per heavy atom. The number of benzene rings is 2. The summed E-state index contributed by atoms with van der Waals surface area (Å²) in [6.07, 6.45) is -0.0417. The standard InChI is InChI=1S/C21H22N2O7.C21H20N2O7.Mn.2O/c2*1-20(2,3)30-19(29)23-16(26)13(9-21(7-8-21)18(23)28)22-15(25)12-6-4-5-11(10-24)14(12)17(22)27;;;/h4-6,13,24H,7-10H2,1-3H3;4-6,10,13H,7-9H2,1-3H3;;;. The number of hydrogen-bond acceptors (Lipinski definition) is 16. The second-order valence-corrected chi connectivity index (χ2v) is 18.0. The number of amides is 10. The molecule has 4 aliphatic heterocycles. The number of carbonyl (C=O) groups excluding carboxylic acids is 11. The van der Waals surface area contributed by atoms with Crippen molar-refractivity contribution in [2.45, 2.75) is 110 Å². The first-order valence-electron chi connectivity index (χ1n) is 19.6. The molecule has 333 valence electrons. The van der Waals surface area contributed by atoms with Gasteiger partial charge in [-0.3, -0.25) is 53.0 Å². The van der Waals surface area contributed by atoms with E-state index in [0.717, 1.165) is 9.80 Å². The summed E-state index contributed by atoms with van der Waals surface area (Å²) < 4.78 is 27.3. The van der Waals surface area contributed by atoms with Crippen LogP contribution in [0.5, 0.6) is 0 Å². The molecule has 2 unspecified atom stereocenters. The molecule has 8 rings (SSSR count). The summed E-state index contributed by atoms with van der Waals surface area (Å²) in [6.45, 7) is 9.16. The molecule has 2 atom stereocenters. The van der Waals surface area contributed by atoms with Gasteiger partial charge in [0.1, 0.15) is 23.3 Å². The number of fused-ring (bicyclic) bond motifs is 2. The molecule has 2 aromatic carbocycles. The molecule has 2 spiro atoms. The first kappa shape index (κ1) is 46.2. The summed E-state index contributed by atoms with van der Waals surface area (Å²) in [7, 11) is 0. The van der Waals surface area contributed by atoms with Crippen LogP contribution in [0.2, 0.25) is 0 Å². The van der Waals surface area contributed by atoms with Crippen molar-refractivity contribution in [3.63, 3.8) is 0 Å². The summed E-state index contributed by atoms with van der Waals surface area (Å²) in [5.41, 5.74) is -3.42. The fraction of sp³-hybridized carbons (Fsp3) is 0.452. The molecule has 21 heteroatoms. The molecule has 2 aromatic rings. The SMILES string of the molecule is CC(C)(C)OC(=O)N1C(=O)C(N2C(=O)c3cccc(C=O)c3C2=O)CC2(CC2)C1=O.CC(C)(C)OC(=O)N1C(=O)C(N2C(=O)c3cccc(CO)c3C2=O)CC2(CC2)C1=O.[O]=[Mn]=[O]. The predicted octanol–water partition coefficient (Wildman–Crippen LogP) is 3.32. The summed E-state index contributed by atoms with van der Waals surface area (Å²) >= 11 is -1.44. The number of likely N-dealkylation sites (tertiary alicyclic amines) is 2. The van der Waals surface area contributed by atoms with Crippen molar-refractivity contribution in [1.82, 2.24) is 19.6 Å². The van der Waals surface area contributed by atoms with E-state index in [0.29, 0.717) is 41.8 Å². The molecule has 20 nitrogen and oxygen atoms in total. The van der Waals surface area contributed by atoms with E-state index in [4.69, 9.17) is 17.1 Å². The van der Waals surface area contributed by atoms with Crippen LogP contribution in [0.3, 0.4) is 0 Å². The van der Waals surface area contributed by atoms with E-state index >= 15 is 0 Å². The van der Waals surface area contributed by atoms with Crippen LogP contribution in [0.15, 0.2) is 36.4 Å². The third-order valence-corrected chi connectivity index (χ3v) is 11.3. The molecule has 1 N–H and O–H groups in total. The van der Waals surface area contributed by atoms with Crippen LogP contribution in [-0.2, 0) is 57.7 Å². The number of aldehydes is 1. The molecule has 2 saturated carbocycles. The second kappa shape index (κ2) is 16.4. The molecule has 10 amide bonds. The molecule has 0 bridgehead atoms. The maximum atomic E-state index is 13.2. The van der Waals surface area contributed by atoms with Gasteiger partial charge in [0.05, 0.1) is 39.7 Å². The Hall–Kier alpha value is -6.31. The van der Waals surface area contributed by atoms with Crippen molar-refractivity contribution in [3.8, 4) is 0 Å². The fourth-order valence-electron chi connectivity index (χ4n) is 8.06. The van der Waals surface area contributed by atoms with Gasteiger partial charge in [0.2, 0.25) is 11.8 Å². The number of imide groups is 8. The molecule has 2 saturated heterocycles. The van der Waals surface area contributed by atoms with Crippen LogP contribution in [0.4, 0.5) is 9.59 Å². The van der Waals surface area contributed by atoms with E-state index in [1.807, 2.05) is 0 Å². The van der Waals surface area contributed by atoms with Crippen molar-refractivity contribution in [2.24, 2.45) is 10.8 Å². The van der Waals surface area contributed by atoms with Crippen molar-refractivity contribution in [1.29, 1.82) is 0 Å². The zero-order valence-corrected chi connectivity index (χ0v) is 36.1. The summed E-state index contributed by atoms with van der Waals surface area (Å²) in [5.74, 6) is -6.16. The van der Waals surface area contributed by atoms with Gasteiger partial charge in [-0.05, 0) is 97.8 Å². The first-order valence-corrected chi connectivity index (χ1v) is 20.6. The van der Waals surface area contributed by atoms with E-state index in [2.05, 4.69) is 0 Å². The predicted molar refractivity (Wildman–Crippen MR) is 203 cm³/mol. The molecule has 0 aromatic heterocycles. The molecular formula is C42H42MnN4O16. The van der Waals surface area contributed by atoms with Crippen molar-refractivity contribution >= 4 is 65.7 Å². The molecule has 2 aliphatic carbocycles. The van der Waals surface area contributed by atoms with Gasteiger partial charge < -0.3 is 14.6 Å². The minimum absolute atomic E-state index is 0.0166. The molecule has 4 heterocycles. The monoisotopic (exact) mass is 913 g/mol. The van der Waals surface area contributed by atoms with Crippen LogP contribution >= 0.6 is 0 Å². The van der Waals surface area contributed by atoms with E-state index < -0.39 is 115 Å². The van der Waals surface area contributed by atoms with Gasteiger partial charge in [0.25, 0.3) is 35.4 Å². The average molecular weight is 914 g/mol. The third kappa shape index (κ3) is 8.23. The van der Waals surface area contributed by atoms with Gasteiger partial charge in [-0.2, -0.15) is 9.80 Å². The van der Waals surface area contributed by atoms with Gasteiger partial charge in [-0.25, -0.2) is 9.59 Å². The number of hydrogen-bond donors (Lipinski definition) is 1. The number of ether oxygens (including phenoxy) is 2. The normalized spacial score (nSPS) is 21.6. The number of nitrogens with zero attached hydrogens (tertiary/aromatic N) is 4. The second-order valence-electron chi connectivity index (χ2n) is 17.8. The van der Waals surface area contributed by atoms with Gasteiger partial charge in [-0.15, -0.1) is 0 Å². The average Bonchev–Trinajstić information content (AvgIpc) is 4.12. The molecular weight excluding hydrogens is 871 g/mol. The molecule has 63 heavy (non-hydrogen) atoms. The van der Waals surface area contributed by atoms with Crippen LogP contribution in [0.1, 0.15) is 137 Å². The minimum atomic E-state index is -1.44. The number of carbonyl (C=O) groups is 11. The van der Waals surface area contributed by atoms with E-state index in [9.17, 15) is 57.8 Å². The first-order chi connectivity index (χ1) is 29.4. The van der Waals surface area contributed by atoms with Gasteiger partial charge in [-0.1, -0.05) is 24.3 Å². The van der Waals surface area contributed by atoms with Crippen molar-refractivity contribution in [2.75, 3.05) is 0 Å². The van der Waals surface area contributed by atoms with Gasteiger partial charge in [0, 0.05) is 5.56 Å². The van der Waals surface area contributed by atoms with Crippen LogP contribution in [-0.4, -0.2) is 114 Å². The van der Waals surface area contributed by atoms with E-state index in [-0.39, 0.29) is 46.2 Å². The number of aliphatic hydroxyl groups excluding tert-OH is 1. The third-order valence-electron chi connectivity index (χ3n) is 11.3. The molecule has 4 fully saturated rings. The molecule has 6 aliphatic rings. The Kier molecular flexibility index (Phi) is 12.0. The maximum absolute atomic E-state index is 13.2. The Morgan fingerprint density at radius 1 is 0.667 bits per heavy atom. The fourth-order valence-corrected chi connectivity index (χ4v) is 8.06. The number of rotatable bonds is 4. The van der Waals surface area contributed by atoms with E-state index in [1.54, 1.807) is 47.6 Å². The Balaban J connectivity index is 0.000000198. The summed E-state index contributed by atoms with van der Waals surface area (Å²) in [6, 6.07) is 6.17. The quantitative estimate of drug-likeness (QED) is 0.262. The van der Waals surface area contributed by atoms with E-state index in [1.165, 1.54) is 30.3 Å². The zero-order chi connectivity index (χ0) is 46.7. The Bertz CT molecular complexity index is 2470. The van der Waals surface area contributed by atoms with Crippen LogP contribution in [0.25, 0.3) is 0 Å². The van der Waals surface area contributed by atoms with Gasteiger partial charge in [0.15, 0.2) is 6.29 Å². The summed E-state index contributed by atoms with van der Waals surface area (Å²) in [5, 5.41) is 9.54. The van der Waals surface area contributed by atoms with Gasteiger partial charge >= 0.3 is 34.7 Å².